The number of carbonyl (C=O) groups excluding carboxylic acids is 1. The van der Waals surface area contributed by atoms with E-state index in [1.54, 1.807) is 19.1 Å². The molecule has 0 unspecified atom stereocenters. The predicted octanol–water partition coefficient (Wildman–Crippen LogP) is 4.94. The van der Waals surface area contributed by atoms with Crippen LogP contribution >= 0.6 is 11.6 Å². The molecule has 1 saturated heterocycles. The standard InChI is InChI=1S/C25H33ClN2O4S/c1-6-32-23-10-9-21(26)14-24(23)33(30,31)28-11-7-8-20(15-28)25(29)27-19(5)22-13-17(3)16(2)12-18(22)4/h9-10,12-14,19-20H,6-8,11,15H2,1-5H3,(H,27,29)/t19-,20+/m1/s1. The minimum Gasteiger partial charge on any atom is -0.492 e. The summed E-state index contributed by atoms with van der Waals surface area (Å²) in [6, 6.07) is 8.66. The highest BCUT2D eigenvalue weighted by atomic mass is 35.5. The maximum absolute atomic E-state index is 13.4. The van der Waals surface area contributed by atoms with E-state index in [0.29, 0.717) is 31.0 Å². The van der Waals surface area contributed by atoms with Gasteiger partial charge in [0.1, 0.15) is 10.6 Å². The number of hydrogen-bond acceptors (Lipinski definition) is 4. The summed E-state index contributed by atoms with van der Waals surface area (Å²) < 4.78 is 33.7. The summed E-state index contributed by atoms with van der Waals surface area (Å²) in [7, 11) is -3.86. The lowest BCUT2D eigenvalue weighted by molar-refractivity contribution is -0.126. The first-order chi connectivity index (χ1) is 15.5. The molecule has 1 aliphatic heterocycles. The smallest absolute Gasteiger partial charge is 0.246 e. The highest BCUT2D eigenvalue weighted by Crippen LogP contribution is 2.32. The van der Waals surface area contributed by atoms with Crippen LogP contribution in [0.4, 0.5) is 0 Å². The number of sulfonamides is 1. The first kappa shape index (κ1) is 25.5. The van der Waals surface area contributed by atoms with Gasteiger partial charge in [-0.25, -0.2) is 8.42 Å². The average molecular weight is 493 g/mol. The summed E-state index contributed by atoms with van der Waals surface area (Å²) in [5, 5.41) is 3.42. The Morgan fingerprint density at radius 1 is 1.18 bits per heavy atom. The van der Waals surface area contributed by atoms with Crippen LogP contribution in [0.2, 0.25) is 5.02 Å². The van der Waals surface area contributed by atoms with Gasteiger partial charge in [0, 0.05) is 18.1 Å². The summed E-state index contributed by atoms with van der Waals surface area (Å²) in [4.78, 5) is 13.1. The quantitative estimate of drug-likeness (QED) is 0.593. The maximum Gasteiger partial charge on any atom is 0.246 e. The van der Waals surface area contributed by atoms with Gasteiger partial charge in [0.15, 0.2) is 0 Å². The van der Waals surface area contributed by atoms with E-state index in [1.165, 1.54) is 21.5 Å². The number of hydrogen-bond donors (Lipinski definition) is 1. The van der Waals surface area contributed by atoms with Gasteiger partial charge in [0.2, 0.25) is 15.9 Å². The molecule has 2 atom stereocenters. The van der Waals surface area contributed by atoms with Crippen molar-refractivity contribution < 1.29 is 17.9 Å². The molecule has 2 aromatic rings. The molecular formula is C25H33ClN2O4S. The lowest BCUT2D eigenvalue weighted by atomic mass is 9.95. The summed E-state index contributed by atoms with van der Waals surface area (Å²) in [6.07, 6.45) is 1.25. The first-order valence-electron chi connectivity index (χ1n) is 11.3. The van der Waals surface area contributed by atoms with E-state index in [0.717, 1.165) is 11.1 Å². The third-order valence-electron chi connectivity index (χ3n) is 6.29. The maximum atomic E-state index is 13.4. The van der Waals surface area contributed by atoms with Gasteiger partial charge in [-0.3, -0.25) is 4.79 Å². The number of halogens is 1. The van der Waals surface area contributed by atoms with Gasteiger partial charge in [0.25, 0.3) is 0 Å². The molecule has 2 aromatic carbocycles. The molecule has 1 N–H and O–H groups in total. The van der Waals surface area contributed by atoms with Crippen LogP contribution in [0.15, 0.2) is 35.2 Å². The van der Waals surface area contributed by atoms with Crippen LogP contribution in [0.25, 0.3) is 0 Å². The van der Waals surface area contributed by atoms with Gasteiger partial charge in [-0.1, -0.05) is 23.7 Å². The predicted molar refractivity (Wildman–Crippen MR) is 131 cm³/mol. The van der Waals surface area contributed by atoms with Crippen LogP contribution < -0.4 is 10.1 Å². The van der Waals surface area contributed by atoms with Crippen molar-refractivity contribution in [1.82, 2.24) is 9.62 Å². The van der Waals surface area contributed by atoms with Crippen molar-refractivity contribution in [2.75, 3.05) is 19.7 Å². The van der Waals surface area contributed by atoms with Crippen molar-refractivity contribution in [1.29, 1.82) is 0 Å². The summed E-state index contributed by atoms with van der Waals surface area (Å²) >= 11 is 6.09. The van der Waals surface area contributed by atoms with Crippen molar-refractivity contribution in [3.05, 3.63) is 57.6 Å². The number of piperidine rings is 1. The Balaban J connectivity index is 1.77. The van der Waals surface area contributed by atoms with Crippen molar-refractivity contribution in [2.24, 2.45) is 5.92 Å². The van der Waals surface area contributed by atoms with E-state index < -0.39 is 15.9 Å². The van der Waals surface area contributed by atoms with E-state index in [4.69, 9.17) is 16.3 Å². The minimum absolute atomic E-state index is 0.0389. The third-order valence-corrected chi connectivity index (χ3v) is 8.41. The van der Waals surface area contributed by atoms with Gasteiger partial charge in [0.05, 0.1) is 18.6 Å². The number of nitrogens with one attached hydrogen (secondary N) is 1. The second kappa shape index (κ2) is 10.5. The van der Waals surface area contributed by atoms with Crippen molar-refractivity contribution in [3.8, 4) is 5.75 Å². The Morgan fingerprint density at radius 3 is 2.58 bits per heavy atom. The lowest BCUT2D eigenvalue weighted by Gasteiger charge is -2.32. The van der Waals surface area contributed by atoms with Gasteiger partial charge < -0.3 is 10.1 Å². The zero-order valence-corrected chi connectivity index (χ0v) is 21.5. The molecule has 1 fully saturated rings. The molecule has 8 heteroatoms. The van der Waals surface area contributed by atoms with Crippen molar-refractivity contribution in [3.63, 3.8) is 0 Å². The van der Waals surface area contributed by atoms with Gasteiger partial charge in [-0.05, 0) is 87.9 Å². The van der Waals surface area contributed by atoms with Crippen molar-refractivity contribution >= 4 is 27.5 Å². The Labute approximate surface area is 202 Å². The van der Waals surface area contributed by atoms with Crippen molar-refractivity contribution in [2.45, 2.75) is 58.4 Å². The third kappa shape index (κ3) is 5.70. The SMILES string of the molecule is CCOc1ccc(Cl)cc1S(=O)(=O)N1CCC[C@H](C(=O)N[C@H](C)c2cc(C)c(C)cc2C)C1. The van der Waals surface area contributed by atoms with E-state index >= 15 is 0 Å². The second-order valence-electron chi connectivity index (χ2n) is 8.75. The largest absolute Gasteiger partial charge is 0.492 e. The zero-order chi connectivity index (χ0) is 24.3. The van der Waals surface area contributed by atoms with Crippen LogP contribution in [-0.2, 0) is 14.8 Å². The molecule has 33 heavy (non-hydrogen) atoms. The van der Waals surface area contributed by atoms with Gasteiger partial charge >= 0.3 is 0 Å². The van der Waals surface area contributed by atoms with E-state index in [-0.39, 0.29) is 29.1 Å². The second-order valence-corrected chi connectivity index (χ2v) is 11.1. The molecule has 0 bridgehead atoms. The monoisotopic (exact) mass is 492 g/mol. The Kier molecular flexibility index (Phi) is 8.08. The summed E-state index contributed by atoms with van der Waals surface area (Å²) in [5.74, 6) is -0.277. The fourth-order valence-corrected chi connectivity index (χ4v) is 6.25. The molecule has 1 aliphatic rings. The van der Waals surface area contributed by atoms with Crippen LogP contribution in [0, 0.1) is 26.7 Å². The normalized spacial score (nSPS) is 18.1. The molecule has 1 amide bonds. The van der Waals surface area contributed by atoms with E-state index in [2.05, 4.69) is 31.3 Å². The Hall–Kier alpha value is -2.09. The van der Waals surface area contributed by atoms with E-state index in [1.807, 2.05) is 13.8 Å². The lowest BCUT2D eigenvalue weighted by Crippen LogP contribution is -2.45. The number of aryl methyl sites for hydroxylation is 3. The molecule has 180 valence electrons. The molecule has 0 saturated carbocycles. The number of nitrogens with zero attached hydrogens (tertiary/aromatic N) is 1. The molecule has 0 aromatic heterocycles. The van der Waals surface area contributed by atoms with Crippen LogP contribution in [0.5, 0.6) is 5.75 Å². The number of carbonyl (C=O) groups is 1. The molecule has 0 radical (unpaired) electrons. The number of amides is 1. The number of benzene rings is 2. The molecule has 0 aliphatic carbocycles. The molecular weight excluding hydrogens is 460 g/mol. The average Bonchev–Trinajstić information content (AvgIpc) is 2.77. The van der Waals surface area contributed by atoms with E-state index in [9.17, 15) is 13.2 Å². The first-order valence-corrected chi connectivity index (χ1v) is 13.2. The fourth-order valence-electron chi connectivity index (χ4n) is 4.33. The van der Waals surface area contributed by atoms with Crippen LogP contribution in [-0.4, -0.2) is 38.3 Å². The van der Waals surface area contributed by atoms with Gasteiger partial charge in [-0.2, -0.15) is 4.31 Å². The Morgan fingerprint density at radius 2 is 1.88 bits per heavy atom. The van der Waals surface area contributed by atoms with Crippen LogP contribution in [0.3, 0.4) is 0 Å². The number of ether oxygens (including phenoxy) is 1. The zero-order valence-electron chi connectivity index (χ0n) is 19.9. The topological polar surface area (TPSA) is 75.7 Å². The highest BCUT2D eigenvalue weighted by molar-refractivity contribution is 7.89. The number of rotatable bonds is 7. The molecule has 3 rings (SSSR count). The molecule has 1 heterocycles. The van der Waals surface area contributed by atoms with Gasteiger partial charge in [-0.15, -0.1) is 0 Å². The fraction of sp³-hybridized carbons (Fsp3) is 0.480. The molecule has 6 nitrogen and oxygen atoms in total. The minimum atomic E-state index is -3.86. The summed E-state index contributed by atoms with van der Waals surface area (Å²) in [5.41, 5.74) is 4.60. The highest BCUT2D eigenvalue weighted by Gasteiger charge is 2.35. The molecule has 0 spiro atoms. The van der Waals surface area contributed by atoms with Crippen LogP contribution in [0.1, 0.15) is 55.0 Å². The summed E-state index contributed by atoms with van der Waals surface area (Å²) in [6.45, 7) is 10.8. The Bertz CT molecular complexity index is 1130.